The summed E-state index contributed by atoms with van der Waals surface area (Å²) in [7, 11) is -0.536. The summed E-state index contributed by atoms with van der Waals surface area (Å²) in [6, 6.07) is 2.42. The average molecular weight is 256 g/mol. The van der Waals surface area contributed by atoms with Gasteiger partial charge in [0, 0.05) is 5.54 Å². The molecule has 2 rings (SSSR count). The van der Waals surface area contributed by atoms with Gasteiger partial charge in [0.2, 0.25) is 0 Å². The van der Waals surface area contributed by atoms with E-state index in [2.05, 4.69) is 56.8 Å². The average Bonchev–Trinajstić information content (AvgIpc) is 2.46. The van der Waals surface area contributed by atoms with Gasteiger partial charge in [-0.3, -0.25) is 0 Å². The third kappa shape index (κ3) is 2.56. The first-order chi connectivity index (χ1) is 8.81. The van der Waals surface area contributed by atoms with Gasteiger partial charge in [0.05, 0.1) is 8.40 Å². The summed E-state index contributed by atoms with van der Waals surface area (Å²) in [6.45, 7) is 6.92. The summed E-state index contributed by atoms with van der Waals surface area (Å²) in [4.78, 5) is 0. The van der Waals surface area contributed by atoms with Crippen molar-refractivity contribution in [2.24, 2.45) is 0 Å². The second-order valence-corrected chi connectivity index (χ2v) is 7.46. The summed E-state index contributed by atoms with van der Waals surface area (Å²) in [5, 5.41) is 1.77. The van der Waals surface area contributed by atoms with Gasteiger partial charge >= 0.3 is 0 Å². The van der Waals surface area contributed by atoms with Gasteiger partial charge in [0.15, 0.2) is 0 Å². The normalized spacial score (nSPS) is 15.3. The summed E-state index contributed by atoms with van der Waals surface area (Å²) >= 11 is 0. The van der Waals surface area contributed by atoms with Crippen LogP contribution in [0.3, 0.4) is 0 Å². The second-order valence-electron chi connectivity index (χ2n) is 4.95. The minimum Gasteiger partial charge on any atom is -0.0842 e. The molecule has 0 saturated heterocycles. The summed E-state index contributed by atoms with van der Waals surface area (Å²) < 4.78 is 0. The van der Waals surface area contributed by atoms with Crippen molar-refractivity contribution in [2.45, 2.75) is 52.0 Å². The molecular formula is C17H24Si. The Hall–Kier alpha value is -0.953. The maximum atomic E-state index is 2.53. The molecular weight excluding hydrogens is 232 g/mol. The Balaban J connectivity index is 2.50. The van der Waals surface area contributed by atoms with Crippen molar-refractivity contribution in [1.82, 2.24) is 0 Å². The predicted octanol–water partition coefficient (Wildman–Crippen LogP) is 4.46. The molecule has 0 spiro atoms. The molecule has 0 saturated carbocycles. The number of rotatable bonds is 4. The minimum absolute atomic E-state index is 0.536. The summed E-state index contributed by atoms with van der Waals surface area (Å²) in [5.41, 5.74) is 6.46. The lowest BCUT2D eigenvalue weighted by molar-refractivity contribution is 0.992. The van der Waals surface area contributed by atoms with Gasteiger partial charge < -0.3 is 0 Å². The molecule has 0 radical (unpaired) electrons. The molecule has 0 atom stereocenters. The van der Waals surface area contributed by atoms with Crippen molar-refractivity contribution in [3.63, 3.8) is 0 Å². The van der Waals surface area contributed by atoms with Gasteiger partial charge in [0.1, 0.15) is 0 Å². The highest BCUT2D eigenvalue weighted by atomic mass is 28.2. The van der Waals surface area contributed by atoms with Crippen molar-refractivity contribution in [3.8, 4) is 0 Å². The lowest BCUT2D eigenvalue weighted by Gasteiger charge is -2.20. The zero-order chi connectivity index (χ0) is 13.0. The Morgan fingerprint density at radius 2 is 1.78 bits per heavy atom. The van der Waals surface area contributed by atoms with E-state index in [0.717, 1.165) is 6.42 Å². The molecule has 0 N–H and O–H groups in total. The van der Waals surface area contributed by atoms with E-state index < -0.39 is 8.40 Å². The molecule has 0 unspecified atom stereocenters. The van der Waals surface area contributed by atoms with Gasteiger partial charge in [-0.05, 0) is 36.8 Å². The number of hydrogen-bond acceptors (Lipinski definition) is 0. The highest BCUT2D eigenvalue weighted by molar-refractivity contribution is 6.56. The topological polar surface area (TPSA) is 0 Å². The van der Waals surface area contributed by atoms with Gasteiger partial charge in [0.25, 0.3) is 0 Å². The Kier molecular flexibility index (Phi) is 4.70. The van der Waals surface area contributed by atoms with Gasteiger partial charge in [-0.2, -0.15) is 0 Å². The van der Waals surface area contributed by atoms with Crippen LogP contribution < -0.4 is 0 Å². The Bertz CT molecular complexity index is 457. The standard InChI is InChI=1S/C17H24Si/c1-4-14-12-13-18(15-10-8-7-9-11-15)17(6-3)16(14)5-2/h8-13,15H,4-7H2,1-3H3. The molecule has 0 fully saturated rings. The quantitative estimate of drug-likeness (QED) is 0.551. The molecule has 18 heavy (non-hydrogen) atoms. The molecule has 0 aromatic carbocycles. The van der Waals surface area contributed by atoms with Crippen LogP contribution in [-0.4, -0.2) is 8.40 Å². The number of allylic oxidation sites excluding steroid dienone is 4. The maximum absolute atomic E-state index is 2.53. The fourth-order valence-corrected chi connectivity index (χ4v) is 6.05. The Morgan fingerprint density at radius 1 is 1.06 bits per heavy atom. The van der Waals surface area contributed by atoms with E-state index in [-0.39, 0.29) is 0 Å². The molecule has 1 aliphatic carbocycles. The van der Waals surface area contributed by atoms with Crippen LogP contribution in [0, 0.1) is 0 Å². The molecule has 1 aromatic rings. The molecule has 1 heteroatoms. The van der Waals surface area contributed by atoms with Crippen molar-refractivity contribution < 1.29 is 0 Å². The van der Waals surface area contributed by atoms with Crippen LogP contribution in [0.1, 0.15) is 49.0 Å². The zero-order valence-electron chi connectivity index (χ0n) is 11.9. The Labute approximate surface area is 113 Å². The molecule has 1 heterocycles. The lowest BCUT2D eigenvalue weighted by atomic mass is 10.0. The second kappa shape index (κ2) is 6.28. The van der Waals surface area contributed by atoms with E-state index in [1.807, 2.05) is 0 Å². The number of hydrogen-bond donors (Lipinski definition) is 0. The third-order valence-corrected chi connectivity index (χ3v) is 6.95. The van der Waals surface area contributed by atoms with Crippen LogP contribution in [0.5, 0.6) is 0 Å². The minimum atomic E-state index is -0.536. The largest absolute Gasteiger partial charge is 0.0842 e. The molecule has 0 bridgehead atoms. The van der Waals surface area contributed by atoms with E-state index in [1.165, 1.54) is 19.3 Å². The van der Waals surface area contributed by atoms with E-state index in [1.54, 1.807) is 16.3 Å². The fraction of sp³-hybridized carbons (Fsp3) is 0.471. The predicted molar refractivity (Wildman–Crippen MR) is 82.5 cm³/mol. The summed E-state index contributed by atoms with van der Waals surface area (Å²) in [5.74, 6) is 0. The van der Waals surface area contributed by atoms with E-state index in [0.29, 0.717) is 5.54 Å². The monoisotopic (exact) mass is 256 g/mol. The van der Waals surface area contributed by atoms with Crippen molar-refractivity contribution in [1.29, 1.82) is 0 Å². The third-order valence-electron chi connectivity index (χ3n) is 3.97. The SMILES string of the molecule is CCc1cc[si](C2C=CCC=C2)c(CC)c1CC. The lowest BCUT2D eigenvalue weighted by Crippen LogP contribution is -2.16. The van der Waals surface area contributed by atoms with Crippen LogP contribution in [0.25, 0.3) is 0 Å². The van der Waals surface area contributed by atoms with Crippen LogP contribution in [0.2, 0.25) is 0 Å². The van der Waals surface area contributed by atoms with Gasteiger partial charge in [-0.15, -0.1) is 0 Å². The van der Waals surface area contributed by atoms with Crippen LogP contribution >= 0.6 is 0 Å². The highest BCUT2D eigenvalue weighted by Gasteiger charge is 2.15. The van der Waals surface area contributed by atoms with E-state index >= 15 is 0 Å². The zero-order valence-corrected chi connectivity index (χ0v) is 12.9. The van der Waals surface area contributed by atoms with Crippen LogP contribution in [-0.2, 0) is 19.3 Å². The maximum Gasteiger partial charge on any atom is 0.0520 e. The smallest absolute Gasteiger partial charge is 0.0520 e. The Morgan fingerprint density at radius 3 is 2.33 bits per heavy atom. The van der Waals surface area contributed by atoms with Crippen molar-refractivity contribution >= 4 is 8.40 Å². The summed E-state index contributed by atoms with van der Waals surface area (Å²) in [6.07, 6.45) is 14.2. The van der Waals surface area contributed by atoms with Crippen LogP contribution in [0.4, 0.5) is 0 Å². The molecule has 1 aliphatic rings. The van der Waals surface area contributed by atoms with Gasteiger partial charge in [-0.1, -0.05) is 62.0 Å². The fourth-order valence-electron chi connectivity index (χ4n) is 3.06. The van der Waals surface area contributed by atoms with E-state index in [9.17, 15) is 0 Å². The molecule has 96 valence electrons. The molecule has 1 aromatic heterocycles. The van der Waals surface area contributed by atoms with Gasteiger partial charge in [-0.25, -0.2) is 0 Å². The first-order valence-corrected chi connectivity index (χ1v) is 8.94. The first kappa shape index (κ1) is 13.5. The molecule has 0 nitrogen and oxygen atoms in total. The van der Waals surface area contributed by atoms with Crippen molar-refractivity contribution in [2.75, 3.05) is 0 Å². The first-order valence-electron chi connectivity index (χ1n) is 7.28. The highest BCUT2D eigenvalue weighted by Crippen LogP contribution is 2.23. The van der Waals surface area contributed by atoms with Crippen LogP contribution in [0.15, 0.2) is 36.0 Å². The van der Waals surface area contributed by atoms with Crippen molar-refractivity contribution in [3.05, 3.63) is 52.3 Å². The van der Waals surface area contributed by atoms with E-state index in [4.69, 9.17) is 0 Å². The molecule has 0 amide bonds. The number of aryl methyl sites for hydroxylation is 1. The molecule has 0 aliphatic heterocycles.